The van der Waals surface area contributed by atoms with Gasteiger partial charge in [-0.2, -0.15) is 4.80 Å². The zero-order valence-electron chi connectivity index (χ0n) is 15.8. The van der Waals surface area contributed by atoms with Gasteiger partial charge in [-0.3, -0.25) is 0 Å². The highest BCUT2D eigenvalue weighted by Crippen LogP contribution is 2.28. The second-order valence-electron chi connectivity index (χ2n) is 6.64. The first kappa shape index (κ1) is 18.1. The molecule has 0 radical (unpaired) electrons. The van der Waals surface area contributed by atoms with Crippen molar-refractivity contribution in [3.05, 3.63) is 40.8 Å². The first-order valence-corrected chi connectivity index (χ1v) is 8.93. The molecule has 0 bridgehead atoms. The third-order valence-corrected chi connectivity index (χ3v) is 4.22. The van der Waals surface area contributed by atoms with Gasteiger partial charge < -0.3 is 9.26 Å². The molecule has 3 aromatic rings. The van der Waals surface area contributed by atoms with Gasteiger partial charge in [-0.25, -0.2) is 0 Å². The Morgan fingerprint density at radius 1 is 1.04 bits per heavy atom. The van der Waals surface area contributed by atoms with Crippen LogP contribution in [0, 0.1) is 20.8 Å². The molecule has 2 aromatic heterocycles. The van der Waals surface area contributed by atoms with E-state index < -0.39 is 0 Å². The number of aryl methyl sites for hydroxylation is 5. The fourth-order valence-electron chi connectivity index (χ4n) is 2.99. The van der Waals surface area contributed by atoms with E-state index in [9.17, 15) is 0 Å². The molecule has 0 aliphatic rings. The molecule has 0 N–H and O–H groups in total. The molecule has 1 aromatic carbocycles. The quantitative estimate of drug-likeness (QED) is 0.575. The predicted molar refractivity (Wildman–Crippen MR) is 98.0 cm³/mol. The highest BCUT2D eigenvalue weighted by molar-refractivity contribution is 5.60. The Labute approximate surface area is 153 Å². The van der Waals surface area contributed by atoms with Crippen LogP contribution in [0.1, 0.15) is 41.8 Å². The summed E-state index contributed by atoms with van der Waals surface area (Å²) in [6, 6.07) is 6.09. The van der Waals surface area contributed by atoms with E-state index >= 15 is 0 Å². The van der Waals surface area contributed by atoms with Gasteiger partial charge in [0.25, 0.3) is 0 Å². The van der Waals surface area contributed by atoms with Crippen molar-refractivity contribution in [3.63, 3.8) is 0 Å². The summed E-state index contributed by atoms with van der Waals surface area (Å²) in [6.07, 6.45) is 4.12. The smallest absolute Gasteiger partial charge is 0.204 e. The number of tetrazole rings is 1. The summed E-state index contributed by atoms with van der Waals surface area (Å²) in [5.41, 5.74) is 4.08. The van der Waals surface area contributed by atoms with E-state index in [1.54, 1.807) is 7.05 Å². The third-order valence-electron chi connectivity index (χ3n) is 4.22. The molecule has 0 aliphatic heterocycles. The molecule has 138 valence electrons. The number of hydrogen-bond donors (Lipinski definition) is 0. The number of nitrogens with zero attached hydrogens (tertiary/aromatic N) is 5. The zero-order chi connectivity index (χ0) is 18.5. The number of aromatic nitrogens is 5. The second-order valence-corrected chi connectivity index (χ2v) is 6.64. The minimum absolute atomic E-state index is 0.632. The van der Waals surface area contributed by atoms with Gasteiger partial charge >= 0.3 is 0 Å². The van der Waals surface area contributed by atoms with Crippen LogP contribution in [0.5, 0.6) is 5.75 Å². The van der Waals surface area contributed by atoms with Crippen molar-refractivity contribution in [2.24, 2.45) is 7.05 Å². The van der Waals surface area contributed by atoms with Crippen molar-refractivity contribution < 1.29 is 9.26 Å². The predicted octanol–water partition coefficient (Wildman–Crippen LogP) is 3.58. The maximum atomic E-state index is 6.02. The highest BCUT2D eigenvalue weighted by atomic mass is 16.5. The van der Waals surface area contributed by atoms with Crippen LogP contribution in [0.3, 0.4) is 0 Å². The molecule has 7 nitrogen and oxygen atoms in total. The molecule has 3 rings (SSSR count). The highest BCUT2D eigenvalue weighted by Gasteiger charge is 2.11. The van der Waals surface area contributed by atoms with Crippen LogP contribution in [-0.2, 0) is 13.5 Å². The van der Waals surface area contributed by atoms with Gasteiger partial charge in [-0.15, -0.1) is 10.2 Å². The summed E-state index contributed by atoms with van der Waals surface area (Å²) >= 11 is 0. The Kier molecular flexibility index (Phi) is 5.65. The lowest BCUT2D eigenvalue weighted by atomic mass is 10.1. The molecule has 0 saturated carbocycles. The maximum Gasteiger partial charge on any atom is 0.204 e. The molecule has 0 spiro atoms. The van der Waals surface area contributed by atoms with Crippen LogP contribution < -0.4 is 4.74 Å². The van der Waals surface area contributed by atoms with Crippen LogP contribution in [0.4, 0.5) is 0 Å². The molecule has 0 aliphatic carbocycles. The molecular formula is C19H25N5O2. The van der Waals surface area contributed by atoms with Crippen molar-refractivity contribution in [3.8, 4) is 17.1 Å². The summed E-state index contributed by atoms with van der Waals surface area (Å²) in [7, 11) is 1.76. The van der Waals surface area contributed by atoms with Gasteiger partial charge in [-0.1, -0.05) is 5.16 Å². The molecule has 7 heteroatoms. The Hall–Kier alpha value is -2.70. The molecule has 0 fully saturated rings. The lowest BCUT2D eigenvalue weighted by molar-refractivity contribution is 0.299. The number of ether oxygens (including phenoxy) is 1. The first-order valence-electron chi connectivity index (χ1n) is 8.93. The van der Waals surface area contributed by atoms with E-state index in [2.05, 4.69) is 34.4 Å². The summed E-state index contributed by atoms with van der Waals surface area (Å²) in [4.78, 5) is 1.46. The van der Waals surface area contributed by atoms with Gasteiger partial charge in [-0.05, 0) is 68.5 Å². The lowest BCUT2D eigenvalue weighted by Gasteiger charge is -2.13. The summed E-state index contributed by atoms with van der Waals surface area (Å²) < 4.78 is 11.2. The van der Waals surface area contributed by atoms with E-state index in [1.165, 1.54) is 4.80 Å². The molecule has 26 heavy (non-hydrogen) atoms. The van der Waals surface area contributed by atoms with Gasteiger partial charge in [0, 0.05) is 18.1 Å². The maximum absolute atomic E-state index is 6.02. The molecule has 2 heterocycles. The average molecular weight is 355 g/mol. The van der Waals surface area contributed by atoms with E-state index in [-0.39, 0.29) is 0 Å². The number of benzene rings is 1. The Morgan fingerprint density at radius 2 is 1.81 bits per heavy atom. The molecule has 0 unspecified atom stereocenters. The average Bonchev–Trinajstić information content (AvgIpc) is 3.21. The number of hydrogen-bond acceptors (Lipinski definition) is 6. The fraction of sp³-hybridized carbons (Fsp3) is 0.474. The Morgan fingerprint density at radius 3 is 2.42 bits per heavy atom. The third kappa shape index (κ3) is 4.47. The van der Waals surface area contributed by atoms with E-state index in [0.717, 1.165) is 59.6 Å². The minimum atomic E-state index is 0.632. The topological polar surface area (TPSA) is 78.9 Å². The van der Waals surface area contributed by atoms with Crippen molar-refractivity contribution >= 4 is 0 Å². The summed E-state index contributed by atoms with van der Waals surface area (Å²) in [5.74, 6) is 2.54. The molecule has 0 amide bonds. The fourth-order valence-corrected chi connectivity index (χ4v) is 2.99. The molecule has 0 saturated heterocycles. The van der Waals surface area contributed by atoms with Crippen molar-refractivity contribution in [2.45, 2.75) is 46.5 Å². The second kappa shape index (κ2) is 8.12. The van der Waals surface area contributed by atoms with Crippen LogP contribution in [0.25, 0.3) is 11.4 Å². The Bertz CT molecular complexity index is 845. The van der Waals surface area contributed by atoms with Crippen LogP contribution in [0.15, 0.2) is 22.7 Å². The van der Waals surface area contributed by atoms with E-state index in [1.807, 2.05) is 25.1 Å². The van der Waals surface area contributed by atoms with Crippen LogP contribution >= 0.6 is 0 Å². The lowest BCUT2D eigenvalue weighted by Crippen LogP contribution is -2.01. The SMILES string of the molecule is Cc1cc(CCCCCOc2c(C)cc(-c3nnn(C)n3)cc2C)on1. The van der Waals surface area contributed by atoms with Crippen LogP contribution in [0.2, 0.25) is 0 Å². The zero-order valence-corrected chi connectivity index (χ0v) is 15.8. The summed E-state index contributed by atoms with van der Waals surface area (Å²) in [5, 5.41) is 16.1. The largest absolute Gasteiger partial charge is 0.493 e. The van der Waals surface area contributed by atoms with Crippen LogP contribution in [-0.4, -0.2) is 32.0 Å². The van der Waals surface area contributed by atoms with Gasteiger partial charge in [0.15, 0.2) is 0 Å². The molecular weight excluding hydrogens is 330 g/mol. The van der Waals surface area contributed by atoms with E-state index in [4.69, 9.17) is 9.26 Å². The monoisotopic (exact) mass is 355 g/mol. The Balaban J connectivity index is 1.48. The normalized spacial score (nSPS) is 11.1. The molecule has 0 atom stereocenters. The van der Waals surface area contributed by atoms with Gasteiger partial charge in [0.1, 0.15) is 11.5 Å². The van der Waals surface area contributed by atoms with Crippen molar-refractivity contribution in [1.82, 2.24) is 25.4 Å². The summed E-state index contributed by atoms with van der Waals surface area (Å²) in [6.45, 7) is 6.75. The minimum Gasteiger partial charge on any atom is -0.493 e. The van der Waals surface area contributed by atoms with Crippen molar-refractivity contribution in [1.29, 1.82) is 0 Å². The van der Waals surface area contributed by atoms with E-state index in [0.29, 0.717) is 12.4 Å². The van der Waals surface area contributed by atoms with Crippen molar-refractivity contribution in [2.75, 3.05) is 6.61 Å². The number of unbranched alkanes of at least 4 members (excludes halogenated alkanes) is 2. The first-order chi connectivity index (χ1) is 12.5. The van der Waals surface area contributed by atoms with Gasteiger partial charge in [0.05, 0.1) is 19.3 Å². The standard InChI is InChI=1S/C19H25N5O2/c1-13-10-16(19-20-23-24(4)21-19)11-14(2)18(13)25-9-7-5-6-8-17-12-15(3)22-26-17/h10-12H,5-9H2,1-4H3. The van der Waals surface area contributed by atoms with Gasteiger partial charge in [0.2, 0.25) is 5.82 Å². The number of rotatable bonds is 8.